The summed E-state index contributed by atoms with van der Waals surface area (Å²) < 4.78 is 0. The standard InChI is InChI=1S/C25H28N6O/c1-17(19-7-5-4-6-8-19)29-24-21-13-22(30-25(21)28-16-27-24)20-11-9-18(10-12-20)14-26-23(32)15-31(2)3/h4-13,16-17H,14-15H2,1-3H3,(H,26,32)(H2,27,28,29,30). The molecule has 1 amide bonds. The topological polar surface area (TPSA) is 85.9 Å². The van der Waals surface area contributed by atoms with Crippen LogP contribution in [0.1, 0.15) is 24.1 Å². The molecule has 7 nitrogen and oxygen atoms in total. The highest BCUT2D eigenvalue weighted by atomic mass is 16.2. The Morgan fingerprint density at radius 3 is 2.53 bits per heavy atom. The monoisotopic (exact) mass is 428 g/mol. The Morgan fingerprint density at radius 1 is 1.06 bits per heavy atom. The molecule has 2 heterocycles. The molecular weight excluding hydrogens is 400 g/mol. The number of nitrogens with zero attached hydrogens (tertiary/aromatic N) is 3. The lowest BCUT2D eigenvalue weighted by Gasteiger charge is -2.15. The highest BCUT2D eigenvalue weighted by Gasteiger charge is 2.12. The van der Waals surface area contributed by atoms with E-state index in [0.29, 0.717) is 13.1 Å². The molecule has 3 N–H and O–H groups in total. The van der Waals surface area contributed by atoms with Crippen molar-refractivity contribution in [1.29, 1.82) is 0 Å². The van der Waals surface area contributed by atoms with Crippen LogP contribution in [0.2, 0.25) is 0 Å². The smallest absolute Gasteiger partial charge is 0.234 e. The Kier molecular flexibility index (Phi) is 6.47. The van der Waals surface area contributed by atoms with Crippen molar-refractivity contribution in [2.45, 2.75) is 19.5 Å². The molecule has 0 radical (unpaired) electrons. The summed E-state index contributed by atoms with van der Waals surface area (Å²) in [5, 5.41) is 7.39. The molecule has 0 bridgehead atoms. The van der Waals surface area contributed by atoms with E-state index in [1.807, 2.05) is 61.5 Å². The first kappa shape index (κ1) is 21.5. The second kappa shape index (κ2) is 9.62. The van der Waals surface area contributed by atoms with Gasteiger partial charge in [-0.3, -0.25) is 4.79 Å². The zero-order valence-corrected chi connectivity index (χ0v) is 18.6. The van der Waals surface area contributed by atoms with Crippen molar-refractivity contribution in [3.63, 3.8) is 0 Å². The first-order valence-electron chi connectivity index (χ1n) is 10.7. The van der Waals surface area contributed by atoms with Crippen LogP contribution in [0.5, 0.6) is 0 Å². The van der Waals surface area contributed by atoms with Crippen molar-refractivity contribution in [1.82, 2.24) is 25.2 Å². The lowest BCUT2D eigenvalue weighted by Crippen LogP contribution is -2.32. The van der Waals surface area contributed by atoms with Crippen molar-refractivity contribution in [2.75, 3.05) is 26.0 Å². The van der Waals surface area contributed by atoms with Gasteiger partial charge < -0.3 is 20.5 Å². The van der Waals surface area contributed by atoms with Gasteiger partial charge in [0.1, 0.15) is 17.8 Å². The van der Waals surface area contributed by atoms with E-state index in [1.54, 1.807) is 6.33 Å². The molecule has 0 aliphatic carbocycles. The summed E-state index contributed by atoms with van der Waals surface area (Å²) in [5.74, 6) is 0.812. The molecule has 0 fully saturated rings. The van der Waals surface area contributed by atoms with Gasteiger partial charge in [-0.05, 0) is 43.8 Å². The fourth-order valence-corrected chi connectivity index (χ4v) is 3.59. The average molecular weight is 429 g/mol. The second-order valence-corrected chi connectivity index (χ2v) is 8.16. The number of likely N-dealkylation sites (N-methyl/N-ethyl adjacent to an activating group) is 1. The predicted octanol–water partition coefficient (Wildman–Crippen LogP) is 3.98. The Balaban J connectivity index is 1.49. The molecular formula is C25H28N6O. The number of nitrogens with one attached hydrogen (secondary N) is 3. The maximum atomic E-state index is 11.8. The number of fused-ring (bicyclic) bond motifs is 1. The Morgan fingerprint density at radius 2 is 1.81 bits per heavy atom. The van der Waals surface area contributed by atoms with Crippen LogP contribution in [-0.2, 0) is 11.3 Å². The van der Waals surface area contributed by atoms with Crippen LogP contribution in [0.3, 0.4) is 0 Å². The fraction of sp³-hybridized carbons (Fsp3) is 0.240. The van der Waals surface area contributed by atoms with E-state index < -0.39 is 0 Å². The molecule has 32 heavy (non-hydrogen) atoms. The molecule has 164 valence electrons. The van der Waals surface area contributed by atoms with Gasteiger partial charge in [-0.1, -0.05) is 54.6 Å². The normalized spacial score (nSPS) is 12.1. The van der Waals surface area contributed by atoms with Crippen LogP contribution in [0, 0.1) is 0 Å². The van der Waals surface area contributed by atoms with Gasteiger partial charge in [-0.2, -0.15) is 0 Å². The number of carbonyl (C=O) groups is 1. The molecule has 0 saturated heterocycles. The van der Waals surface area contributed by atoms with Crippen LogP contribution >= 0.6 is 0 Å². The van der Waals surface area contributed by atoms with Crippen molar-refractivity contribution in [3.05, 3.63) is 78.1 Å². The zero-order valence-electron chi connectivity index (χ0n) is 18.6. The minimum atomic E-state index is 0.0121. The van der Waals surface area contributed by atoms with E-state index in [4.69, 9.17) is 0 Å². The summed E-state index contributed by atoms with van der Waals surface area (Å²) in [6.45, 7) is 3.01. The molecule has 2 aromatic heterocycles. The molecule has 0 aliphatic heterocycles. The molecule has 4 rings (SSSR count). The minimum absolute atomic E-state index is 0.0121. The summed E-state index contributed by atoms with van der Waals surface area (Å²) in [5.41, 5.74) is 5.06. The Labute approximate surface area is 187 Å². The lowest BCUT2D eigenvalue weighted by molar-refractivity contribution is -0.121. The van der Waals surface area contributed by atoms with Gasteiger partial charge >= 0.3 is 0 Å². The van der Waals surface area contributed by atoms with Gasteiger partial charge in [-0.15, -0.1) is 0 Å². The number of hydrogen-bond acceptors (Lipinski definition) is 5. The quantitative estimate of drug-likeness (QED) is 0.395. The van der Waals surface area contributed by atoms with Crippen LogP contribution in [-0.4, -0.2) is 46.4 Å². The van der Waals surface area contributed by atoms with E-state index >= 15 is 0 Å². The first-order valence-corrected chi connectivity index (χ1v) is 10.7. The molecule has 0 saturated carbocycles. The first-order chi connectivity index (χ1) is 15.5. The number of anilines is 1. The van der Waals surface area contributed by atoms with Gasteiger partial charge in [-0.25, -0.2) is 9.97 Å². The second-order valence-electron chi connectivity index (χ2n) is 8.16. The molecule has 2 aromatic carbocycles. The molecule has 1 atom stereocenters. The number of amides is 1. The van der Waals surface area contributed by atoms with Crippen molar-refractivity contribution >= 4 is 22.8 Å². The SMILES string of the molecule is CC(Nc1ncnc2[nH]c(-c3ccc(CNC(=O)CN(C)C)cc3)cc12)c1ccccc1. The average Bonchev–Trinajstić information content (AvgIpc) is 3.24. The number of hydrogen-bond donors (Lipinski definition) is 3. The van der Waals surface area contributed by atoms with Gasteiger partial charge in [0.25, 0.3) is 0 Å². The summed E-state index contributed by atoms with van der Waals surface area (Å²) in [7, 11) is 3.75. The number of carbonyl (C=O) groups excluding carboxylic acids is 1. The van der Waals surface area contributed by atoms with Crippen molar-refractivity contribution in [3.8, 4) is 11.3 Å². The molecule has 4 aromatic rings. The lowest BCUT2D eigenvalue weighted by atomic mass is 10.1. The van der Waals surface area contributed by atoms with E-state index in [0.717, 1.165) is 33.7 Å². The molecule has 0 spiro atoms. The predicted molar refractivity (Wildman–Crippen MR) is 128 cm³/mol. The van der Waals surface area contributed by atoms with Crippen LogP contribution in [0.25, 0.3) is 22.3 Å². The number of aromatic amines is 1. The van der Waals surface area contributed by atoms with E-state index in [2.05, 4.69) is 50.7 Å². The number of H-pyrrole nitrogens is 1. The third-order valence-electron chi connectivity index (χ3n) is 5.29. The zero-order chi connectivity index (χ0) is 22.5. The van der Waals surface area contributed by atoms with Crippen LogP contribution in [0.4, 0.5) is 5.82 Å². The largest absolute Gasteiger partial charge is 0.363 e. The van der Waals surface area contributed by atoms with Gasteiger partial charge in [0, 0.05) is 18.3 Å². The van der Waals surface area contributed by atoms with E-state index in [1.165, 1.54) is 5.56 Å². The molecule has 1 unspecified atom stereocenters. The fourth-order valence-electron chi connectivity index (χ4n) is 3.59. The molecule has 0 aliphatic rings. The molecule has 7 heteroatoms. The highest BCUT2D eigenvalue weighted by Crippen LogP contribution is 2.29. The van der Waals surface area contributed by atoms with Gasteiger partial charge in [0.05, 0.1) is 11.9 Å². The van der Waals surface area contributed by atoms with Gasteiger partial charge in [0.15, 0.2) is 0 Å². The van der Waals surface area contributed by atoms with E-state index in [-0.39, 0.29) is 11.9 Å². The summed E-state index contributed by atoms with van der Waals surface area (Å²) in [6, 6.07) is 20.6. The maximum Gasteiger partial charge on any atom is 0.234 e. The van der Waals surface area contributed by atoms with Crippen LogP contribution < -0.4 is 10.6 Å². The van der Waals surface area contributed by atoms with Crippen LogP contribution in [0.15, 0.2) is 67.0 Å². The summed E-state index contributed by atoms with van der Waals surface area (Å²) in [6.07, 6.45) is 1.57. The van der Waals surface area contributed by atoms with Crippen molar-refractivity contribution < 1.29 is 4.79 Å². The third kappa shape index (κ3) is 5.12. The number of rotatable bonds is 8. The van der Waals surface area contributed by atoms with Crippen molar-refractivity contribution in [2.24, 2.45) is 0 Å². The Hall–Kier alpha value is -3.71. The van der Waals surface area contributed by atoms with E-state index in [9.17, 15) is 4.79 Å². The van der Waals surface area contributed by atoms with Gasteiger partial charge in [0.2, 0.25) is 5.91 Å². The number of benzene rings is 2. The summed E-state index contributed by atoms with van der Waals surface area (Å²) >= 11 is 0. The number of aromatic nitrogens is 3. The maximum absolute atomic E-state index is 11.8. The Bertz CT molecular complexity index is 1180. The summed E-state index contributed by atoms with van der Waals surface area (Å²) in [4.78, 5) is 25.9. The highest BCUT2D eigenvalue weighted by molar-refractivity contribution is 5.91. The minimum Gasteiger partial charge on any atom is -0.363 e. The third-order valence-corrected chi connectivity index (χ3v) is 5.29.